The number of anilines is 1. The zero-order chi connectivity index (χ0) is 12.2. The van der Waals surface area contributed by atoms with E-state index < -0.39 is 0 Å². The van der Waals surface area contributed by atoms with E-state index in [0.29, 0.717) is 6.01 Å². The van der Waals surface area contributed by atoms with Crippen LogP contribution in [0.2, 0.25) is 0 Å². The van der Waals surface area contributed by atoms with Gasteiger partial charge >= 0.3 is 6.01 Å². The van der Waals surface area contributed by atoms with E-state index in [-0.39, 0.29) is 0 Å². The van der Waals surface area contributed by atoms with Crippen molar-refractivity contribution in [1.82, 2.24) is 20.4 Å². The van der Waals surface area contributed by atoms with Gasteiger partial charge in [0.1, 0.15) is 0 Å². The monoisotopic (exact) mass is 251 g/mol. The summed E-state index contributed by atoms with van der Waals surface area (Å²) in [6.07, 6.45) is 3.78. The van der Waals surface area contributed by atoms with Crippen LogP contribution in [0.25, 0.3) is 0 Å². The van der Waals surface area contributed by atoms with Crippen molar-refractivity contribution >= 4 is 6.01 Å². The summed E-state index contributed by atoms with van der Waals surface area (Å²) in [5.41, 5.74) is 0. The average molecular weight is 251 g/mol. The Morgan fingerprint density at radius 2 is 1.78 bits per heavy atom. The van der Waals surface area contributed by atoms with Crippen molar-refractivity contribution < 1.29 is 4.42 Å². The number of piperidine rings is 1. The molecule has 6 nitrogen and oxygen atoms in total. The minimum atomic E-state index is 0.708. The van der Waals surface area contributed by atoms with Crippen LogP contribution in [0.5, 0.6) is 0 Å². The molecule has 2 aliphatic heterocycles. The summed E-state index contributed by atoms with van der Waals surface area (Å²) in [7, 11) is 0. The predicted molar refractivity (Wildman–Crippen MR) is 68.5 cm³/mol. The lowest BCUT2D eigenvalue weighted by Gasteiger charge is -2.26. The molecule has 2 fully saturated rings. The third-order valence-electron chi connectivity index (χ3n) is 3.65. The fraction of sp³-hybridized carbons (Fsp3) is 0.833. The lowest BCUT2D eigenvalue weighted by atomic mass is 10.1. The van der Waals surface area contributed by atoms with Gasteiger partial charge in [0.05, 0.1) is 6.54 Å². The summed E-state index contributed by atoms with van der Waals surface area (Å²) in [6, 6.07) is 0.708. The number of rotatable bonds is 3. The standard InChI is InChI=1S/C12H21N5O/c1-2-6-17(7-3-1)12-15-14-11(18-12)10-16-8-4-13-5-9-16/h13H,1-10H2. The fourth-order valence-electron chi connectivity index (χ4n) is 2.58. The molecule has 0 bridgehead atoms. The molecule has 1 N–H and O–H groups in total. The third-order valence-corrected chi connectivity index (χ3v) is 3.65. The smallest absolute Gasteiger partial charge is 0.318 e. The number of nitrogens with one attached hydrogen (secondary N) is 1. The van der Waals surface area contributed by atoms with Gasteiger partial charge in [-0.15, -0.1) is 5.10 Å². The molecule has 1 aromatic rings. The van der Waals surface area contributed by atoms with Crippen LogP contribution in [-0.4, -0.2) is 54.4 Å². The molecule has 0 saturated carbocycles. The van der Waals surface area contributed by atoms with E-state index in [2.05, 4.69) is 25.3 Å². The third kappa shape index (κ3) is 2.81. The second kappa shape index (κ2) is 5.67. The van der Waals surface area contributed by atoms with Crippen molar-refractivity contribution in [2.24, 2.45) is 0 Å². The van der Waals surface area contributed by atoms with Crippen molar-refractivity contribution in [2.75, 3.05) is 44.2 Å². The Hall–Kier alpha value is -1.14. The first-order chi connectivity index (χ1) is 8.92. The van der Waals surface area contributed by atoms with Gasteiger partial charge in [-0.1, -0.05) is 5.10 Å². The first-order valence-corrected chi connectivity index (χ1v) is 6.92. The Morgan fingerprint density at radius 3 is 2.56 bits per heavy atom. The molecule has 2 saturated heterocycles. The van der Waals surface area contributed by atoms with Crippen molar-refractivity contribution in [1.29, 1.82) is 0 Å². The van der Waals surface area contributed by atoms with Crippen LogP contribution in [0.4, 0.5) is 6.01 Å². The molecule has 0 spiro atoms. The van der Waals surface area contributed by atoms with E-state index in [4.69, 9.17) is 4.42 Å². The molecular formula is C12H21N5O. The highest BCUT2D eigenvalue weighted by molar-refractivity contribution is 5.24. The van der Waals surface area contributed by atoms with E-state index >= 15 is 0 Å². The van der Waals surface area contributed by atoms with Crippen LogP contribution in [0.15, 0.2) is 4.42 Å². The minimum Gasteiger partial charge on any atom is -0.407 e. The Labute approximate surface area is 107 Å². The van der Waals surface area contributed by atoms with Gasteiger partial charge in [0.15, 0.2) is 0 Å². The lowest BCUT2D eigenvalue weighted by molar-refractivity contribution is 0.212. The zero-order valence-corrected chi connectivity index (χ0v) is 10.8. The Balaban J connectivity index is 1.58. The van der Waals surface area contributed by atoms with Gasteiger partial charge in [0.25, 0.3) is 0 Å². The van der Waals surface area contributed by atoms with Crippen LogP contribution >= 0.6 is 0 Å². The topological polar surface area (TPSA) is 57.4 Å². The molecule has 3 heterocycles. The lowest BCUT2D eigenvalue weighted by Crippen LogP contribution is -2.42. The molecule has 100 valence electrons. The predicted octanol–water partition coefficient (Wildman–Crippen LogP) is 0.465. The number of piperazine rings is 1. The molecule has 6 heteroatoms. The van der Waals surface area contributed by atoms with Gasteiger partial charge in [0.2, 0.25) is 5.89 Å². The molecule has 0 unspecified atom stereocenters. The fourth-order valence-corrected chi connectivity index (χ4v) is 2.58. The van der Waals surface area contributed by atoms with Gasteiger partial charge < -0.3 is 14.6 Å². The quantitative estimate of drug-likeness (QED) is 0.842. The summed E-state index contributed by atoms with van der Waals surface area (Å²) in [6.45, 7) is 7.09. The van der Waals surface area contributed by atoms with Gasteiger partial charge in [0, 0.05) is 39.3 Å². The summed E-state index contributed by atoms with van der Waals surface area (Å²) in [4.78, 5) is 4.56. The average Bonchev–Trinajstić information content (AvgIpc) is 2.89. The molecule has 0 radical (unpaired) electrons. The van der Waals surface area contributed by atoms with Crippen molar-refractivity contribution in [2.45, 2.75) is 25.8 Å². The van der Waals surface area contributed by atoms with Crippen LogP contribution in [0, 0.1) is 0 Å². The normalized spacial score (nSPS) is 22.3. The molecule has 2 aliphatic rings. The van der Waals surface area contributed by atoms with Gasteiger partial charge in [-0.05, 0) is 19.3 Å². The van der Waals surface area contributed by atoms with Gasteiger partial charge in [-0.25, -0.2) is 0 Å². The maximum atomic E-state index is 5.77. The van der Waals surface area contributed by atoms with E-state index in [1.165, 1.54) is 19.3 Å². The molecule has 0 aromatic carbocycles. The van der Waals surface area contributed by atoms with Crippen LogP contribution in [0.3, 0.4) is 0 Å². The number of aromatic nitrogens is 2. The zero-order valence-electron chi connectivity index (χ0n) is 10.8. The van der Waals surface area contributed by atoms with Crippen LogP contribution in [-0.2, 0) is 6.54 Å². The van der Waals surface area contributed by atoms with Crippen molar-refractivity contribution in [3.05, 3.63) is 5.89 Å². The summed E-state index contributed by atoms with van der Waals surface area (Å²) in [5, 5.41) is 11.7. The van der Waals surface area contributed by atoms with Gasteiger partial charge in [-0.2, -0.15) is 0 Å². The highest BCUT2D eigenvalue weighted by Gasteiger charge is 2.18. The Morgan fingerprint density at radius 1 is 1.00 bits per heavy atom. The highest BCUT2D eigenvalue weighted by atomic mass is 16.4. The SMILES string of the molecule is C1CCN(c2nnc(CN3CCNCC3)o2)CC1. The minimum absolute atomic E-state index is 0.708. The first-order valence-electron chi connectivity index (χ1n) is 6.92. The molecule has 1 aromatic heterocycles. The number of hydrogen-bond acceptors (Lipinski definition) is 6. The molecule has 0 aliphatic carbocycles. The van der Waals surface area contributed by atoms with E-state index in [1.807, 2.05) is 0 Å². The van der Waals surface area contributed by atoms with E-state index in [0.717, 1.165) is 51.7 Å². The molecule has 3 rings (SSSR count). The maximum absolute atomic E-state index is 5.77. The Kier molecular flexibility index (Phi) is 3.75. The molecule has 18 heavy (non-hydrogen) atoms. The van der Waals surface area contributed by atoms with E-state index in [1.54, 1.807) is 0 Å². The largest absolute Gasteiger partial charge is 0.407 e. The maximum Gasteiger partial charge on any atom is 0.318 e. The molecule has 0 atom stereocenters. The summed E-state index contributed by atoms with van der Waals surface area (Å²) < 4.78 is 5.77. The van der Waals surface area contributed by atoms with Crippen molar-refractivity contribution in [3.63, 3.8) is 0 Å². The van der Waals surface area contributed by atoms with Crippen LogP contribution < -0.4 is 10.2 Å². The summed E-state index contributed by atoms with van der Waals surface area (Å²) in [5.74, 6) is 0.748. The molecular weight excluding hydrogens is 230 g/mol. The van der Waals surface area contributed by atoms with Crippen LogP contribution in [0.1, 0.15) is 25.2 Å². The Bertz CT molecular complexity index is 368. The number of hydrogen-bond donors (Lipinski definition) is 1. The van der Waals surface area contributed by atoms with Gasteiger partial charge in [-0.3, -0.25) is 4.90 Å². The van der Waals surface area contributed by atoms with Crippen molar-refractivity contribution in [3.8, 4) is 0 Å². The second-order valence-corrected chi connectivity index (χ2v) is 5.05. The highest BCUT2D eigenvalue weighted by Crippen LogP contribution is 2.18. The van der Waals surface area contributed by atoms with E-state index in [9.17, 15) is 0 Å². The summed E-state index contributed by atoms with van der Waals surface area (Å²) >= 11 is 0. The molecule has 0 amide bonds. The first kappa shape index (κ1) is 11.9. The second-order valence-electron chi connectivity index (χ2n) is 5.05. The number of nitrogens with zero attached hydrogens (tertiary/aromatic N) is 4.